The highest BCUT2D eigenvalue weighted by Crippen LogP contribution is 2.40. The van der Waals surface area contributed by atoms with Crippen LogP contribution in [-0.2, 0) is 47.8 Å². The zero-order valence-electron chi connectivity index (χ0n) is 38.1. The number of carbonyl (C=O) groups is 2. The molecule has 0 aliphatic carbocycles. The molecule has 0 amide bonds. The van der Waals surface area contributed by atoms with Crippen LogP contribution in [-0.4, -0.2) is 93.7 Å². The highest BCUT2D eigenvalue weighted by molar-refractivity contribution is 7.92. The molecule has 23 nitrogen and oxygen atoms in total. The van der Waals surface area contributed by atoms with E-state index >= 15 is 0 Å². The number of rotatable bonds is 21. The molecule has 1 unspecified atom stereocenters. The minimum atomic E-state index is -4.49. The lowest BCUT2D eigenvalue weighted by atomic mass is 9.88. The average Bonchev–Trinajstić information content (AvgIpc) is 3.33. The van der Waals surface area contributed by atoms with Crippen molar-refractivity contribution in [2.45, 2.75) is 57.5 Å². The smallest absolute Gasteiger partial charge is 0.497 e. The summed E-state index contributed by atoms with van der Waals surface area (Å²) in [4.78, 5) is 48.9. The summed E-state index contributed by atoms with van der Waals surface area (Å²) in [5.74, 6) is -0.337. The van der Waals surface area contributed by atoms with Gasteiger partial charge in [0.2, 0.25) is 5.75 Å². The first kappa shape index (κ1) is 51.9. The number of aromatic nitrogens is 3. The summed E-state index contributed by atoms with van der Waals surface area (Å²) in [5, 5.41) is 34.1. The Kier molecular flexibility index (Phi) is 17.5. The van der Waals surface area contributed by atoms with E-state index in [1.54, 1.807) is 61.5 Å². The van der Waals surface area contributed by atoms with Crippen molar-refractivity contribution in [3.05, 3.63) is 138 Å². The Morgan fingerprint density at radius 2 is 1.31 bits per heavy atom. The molecule has 24 heteroatoms. The van der Waals surface area contributed by atoms with Gasteiger partial charge in [-0.1, -0.05) is 69.3 Å². The lowest BCUT2D eigenvalue weighted by Crippen LogP contribution is -2.33. The Morgan fingerprint density at radius 1 is 0.729 bits per heavy atom. The molecule has 4 aromatic carbocycles. The number of anilines is 1. The van der Waals surface area contributed by atoms with E-state index in [2.05, 4.69) is 29.3 Å². The maximum Gasteiger partial charge on any atom is 0.514 e. The maximum absolute atomic E-state index is 14.1. The molecule has 370 valence electrons. The van der Waals surface area contributed by atoms with E-state index < -0.39 is 52.4 Å². The number of carbonyl (C=O) groups excluding carboxylic acids is 2. The number of ether oxygens (including phenoxy) is 7. The lowest BCUT2D eigenvalue weighted by Gasteiger charge is -2.21. The molecule has 0 spiro atoms. The van der Waals surface area contributed by atoms with Crippen LogP contribution in [0.2, 0.25) is 0 Å². The van der Waals surface area contributed by atoms with Gasteiger partial charge < -0.3 is 33.2 Å². The summed E-state index contributed by atoms with van der Waals surface area (Å²) in [7, 11) is -3.00. The molecule has 1 atom stereocenters. The fourth-order valence-corrected chi connectivity index (χ4v) is 6.84. The van der Waals surface area contributed by atoms with Gasteiger partial charge in [0.05, 0.1) is 31.1 Å². The minimum Gasteiger partial charge on any atom is -0.497 e. The molecular weight excluding hydrogens is 941 g/mol. The normalized spacial score (nSPS) is 12.0. The molecule has 70 heavy (non-hydrogen) atoms. The third kappa shape index (κ3) is 15.2. The van der Waals surface area contributed by atoms with Crippen LogP contribution in [0, 0.1) is 6.92 Å². The minimum absolute atomic E-state index is 0.00792. The van der Waals surface area contributed by atoms with Gasteiger partial charge in [-0.15, -0.1) is 0 Å². The number of hydrogen-bond acceptors (Lipinski definition) is 22. The van der Waals surface area contributed by atoms with Crippen molar-refractivity contribution in [2.24, 2.45) is 0 Å². The van der Waals surface area contributed by atoms with Crippen molar-refractivity contribution in [2.75, 3.05) is 25.0 Å². The lowest BCUT2D eigenvalue weighted by molar-refractivity contribution is -0.497. The molecule has 6 rings (SSSR count). The molecule has 0 bridgehead atoms. The summed E-state index contributed by atoms with van der Waals surface area (Å²) in [6.07, 6.45) is -2.56. The van der Waals surface area contributed by atoms with Crippen LogP contribution in [0.3, 0.4) is 0 Å². The standard InChI is InChI=1S/C46H48N6O17S/c1-29-8-6-7-9-38(29)69-40-42(50-70(59,60)39-23-16-33(24-47-39)46(2,3)4)48-41(32-14-21-34(61-5)22-15-32)49-43(40)62-27-37(68-45(54)67-36-19-12-31(13-20-36)26-65-52(57)58)28-63-44(53)66-35-17-10-30(11-18-35)25-64-51(55)56/h6-24,37,55-58H,25-28H2,1-5H3,(H,48,49,50). The number of hydrogen-bond donors (Lipinski definition) is 5. The number of methoxy groups -OCH3 is 1. The number of benzene rings is 4. The maximum atomic E-state index is 14.1. The van der Waals surface area contributed by atoms with Gasteiger partial charge in [-0.3, -0.25) is 25.6 Å². The van der Waals surface area contributed by atoms with E-state index in [4.69, 9.17) is 54.0 Å². The molecule has 5 N–H and O–H groups in total. The van der Waals surface area contributed by atoms with Crippen molar-refractivity contribution < 1.29 is 81.7 Å². The molecule has 2 aromatic heterocycles. The predicted octanol–water partition coefficient (Wildman–Crippen LogP) is 7.95. The monoisotopic (exact) mass is 988 g/mol. The number of sulfonamides is 1. The quantitative estimate of drug-likeness (QED) is 0.0260. The number of para-hydroxylation sites is 1. The number of nitrogens with zero attached hydrogens (tertiary/aromatic N) is 5. The van der Waals surface area contributed by atoms with Gasteiger partial charge in [0, 0.05) is 11.8 Å². The van der Waals surface area contributed by atoms with Crippen molar-refractivity contribution in [1.82, 2.24) is 25.7 Å². The van der Waals surface area contributed by atoms with Crippen LogP contribution in [0.5, 0.6) is 34.6 Å². The fraction of sp³-hybridized carbons (Fsp3) is 0.239. The predicted molar refractivity (Wildman–Crippen MR) is 241 cm³/mol. The molecule has 0 saturated carbocycles. The summed E-state index contributed by atoms with van der Waals surface area (Å²) < 4.78 is 70.1. The largest absolute Gasteiger partial charge is 0.514 e. The van der Waals surface area contributed by atoms with Crippen molar-refractivity contribution in [3.8, 4) is 46.0 Å². The number of aryl methyl sites for hydroxylation is 1. The van der Waals surface area contributed by atoms with Crippen molar-refractivity contribution in [1.29, 1.82) is 0 Å². The number of nitrogens with one attached hydrogen (secondary N) is 1. The second-order valence-corrected chi connectivity index (χ2v) is 17.4. The van der Waals surface area contributed by atoms with Crippen LogP contribution < -0.4 is 28.4 Å². The third-order valence-corrected chi connectivity index (χ3v) is 10.8. The van der Waals surface area contributed by atoms with Gasteiger partial charge in [-0.25, -0.2) is 29.2 Å². The van der Waals surface area contributed by atoms with Gasteiger partial charge in [0.1, 0.15) is 36.2 Å². The molecule has 0 aliphatic heterocycles. The van der Waals surface area contributed by atoms with E-state index in [-0.39, 0.29) is 64.2 Å². The van der Waals surface area contributed by atoms with E-state index in [9.17, 15) is 18.0 Å². The first-order valence-electron chi connectivity index (χ1n) is 20.8. The van der Waals surface area contributed by atoms with Gasteiger partial charge in [-0.05, 0) is 95.3 Å². The second-order valence-electron chi connectivity index (χ2n) is 15.8. The highest BCUT2D eigenvalue weighted by atomic mass is 32.2. The Labute approximate surface area is 400 Å². The van der Waals surface area contributed by atoms with Gasteiger partial charge in [-0.2, -0.15) is 13.4 Å². The van der Waals surface area contributed by atoms with E-state index in [0.29, 0.717) is 28.0 Å². The average molecular weight is 989 g/mol. The fourth-order valence-electron chi connectivity index (χ4n) is 5.90. The van der Waals surface area contributed by atoms with Gasteiger partial charge in [0.15, 0.2) is 22.8 Å². The van der Waals surface area contributed by atoms with Gasteiger partial charge >= 0.3 is 12.3 Å². The summed E-state index contributed by atoms with van der Waals surface area (Å²) in [6.45, 7) is 5.81. The van der Waals surface area contributed by atoms with Crippen molar-refractivity contribution in [3.63, 3.8) is 0 Å². The Morgan fingerprint density at radius 3 is 1.86 bits per heavy atom. The first-order valence-corrected chi connectivity index (χ1v) is 22.3. The molecular formula is C46H48N6O17S. The third-order valence-electron chi connectivity index (χ3n) is 9.60. The SMILES string of the molecule is COc1ccc(-c2nc(NS(=O)(=O)c3ccc(C(C)(C)C)cn3)c(Oc3ccccc3C)c(OCC(COC(=O)Oc3ccc(CON(O)O)cc3)OC(=O)Oc3ccc(CON(O)O)cc3)n2)cc1. The zero-order chi connectivity index (χ0) is 50.4. The van der Waals surface area contributed by atoms with Crippen LogP contribution >= 0.6 is 0 Å². The van der Waals surface area contributed by atoms with Crippen LogP contribution in [0.1, 0.15) is 43.0 Å². The molecule has 6 aromatic rings. The van der Waals surface area contributed by atoms with Crippen LogP contribution in [0.25, 0.3) is 11.4 Å². The molecule has 0 fully saturated rings. The van der Waals surface area contributed by atoms with E-state index in [1.165, 1.54) is 67.9 Å². The van der Waals surface area contributed by atoms with E-state index in [1.807, 2.05) is 20.8 Å². The molecule has 0 radical (unpaired) electrons. The Hall–Kier alpha value is -7.52. The summed E-state index contributed by atoms with van der Waals surface area (Å²) in [6, 6.07) is 27.7. The number of pyridine rings is 1. The first-order chi connectivity index (χ1) is 33.3. The summed E-state index contributed by atoms with van der Waals surface area (Å²) in [5.41, 5.74) is 2.43. The molecule has 0 saturated heterocycles. The highest BCUT2D eigenvalue weighted by Gasteiger charge is 2.28. The second kappa shape index (κ2) is 23.7. The van der Waals surface area contributed by atoms with E-state index in [0.717, 1.165) is 5.56 Å². The topological polar surface area (TPSA) is 289 Å². The molecule has 2 heterocycles. The van der Waals surface area contributed by atoms with Crippen LogP contribution in [0.15, 0.2) is 120 Å². The Bertz CT molecular complexity index is 2790. The Balaban J connectivity index is 1.34. The van der Waals surface area contributed by atoms with Gasteiger partial charge in [0.25, 0.3) is 15.9 Å². The molecule has 0 aliphatic rings. The van der Waals surface area contributed by atoms with Crippen LogP contribution in [0.4, 0.5) is 15.4 Å². The zero-order valence-corrected chi connectivity index (χ0v) is 38.9. The summed E-state index contributed by atoms with van der Waals surface area (Å²) >= 11 is 0. The van der Waals surface area contributed by atoms with Crippen molar-refractivity contribution >= 4 is 28.2 Å².